The number of hydrogen-bond acceptors (Lipinski definition) is 5. The molecule has 4 N–H and O–H groups in total. The average molecular weight is 309 g/mol. The first kappa shape index (κ1) is 11.3. The van der Waals surface area contributed by atoms with E-state index in [0.29, 0.717) is 12.4 Å². The molecule has 0 saturated heterocycles. The molecule has 0 amide bonds. The molecular formula is C11H13BrN6. The van der Waals surface area contributed by atoms with Gasteiger partial charge in [0.1, 0.15) is 11.6 Å². The summed E-state index contributed by atoms with van der Waals surface area (Å²) < 4.78 is 2.46. The highest BCUT2D eigenvalue weighted by Crippen LogP contribution is 2.28. The molecule has 2 aromatic heterocycles. The van der Waals surface area contributed by atoms with Crippen molar-refractivity contribution < 1.29 is 0 Å². The SMILES string of the molecule is Cc1c(N2CC=C(N)C2)nc2c(Br)cnn2c1N. The number of aromatic nitrogens is 3. The third-order valence-electron chi connectivity index (χ3n) is 3.11. The molecule has 6 nitrogen and oxygen atoms in total. The molecule has 0 spiro atoms. The lowest BCUT2D eigenvalue weighted by Gasteiger charge is -2.20. The van der Waals surface area contributed by atoms with E-state index < -0.39 is 0 Å². The number of nitrogen functional groups attached to an aromatic ring is 1. The van der Waals surface area contributed by atoms with Crippen LogP contribution < -0.4 is 16.4 Å². The Labute approximate surface area is 112 Å². The molecule has 18 heavy (non-hydrogen) atoms. The minimum absolute atomic E-state index is 0.603. The molecule has 0 bridgehead atoms. The van der Waals surface area contributed by atoms with Gasteiger partial charge in [0.2, 0.25) is 0 Å². The Kier molecular flexibility index (Phi) is 2.44. The number of hydrogen-bond donors (Lipinski definition) is 2. The Morgan fingerprint density at radius 1 is 1.39 bits per heavy atom. The number of anilines is 2. The van der Waals surface area contributed by atoms with Gasteiger partial charge in [-0.3, -0.25) is 0 Å². The van der Waals surface area contributed by atoms with Crippen molar-refractivity contribution in [3.05, 3.63) is 28.0 Å². The number of rotatable bonds is 1. The first-order chi connectivity index (χ1) is 8.58. The predicted molar refractivity (Wildman–Crippen MR) is 74.3 cm³/mol. The van der Waals surface area contributed by atoms with Crippen molar-refractivity contribution in [1.82, 2.24) is 14.6 Å². The zero-order valence-electron chi connectivity index (χ0n) is 9.89. The molecule has 2 aromatic rings. The highest BCUT2D eigenvalue weighted by Gasteiger charge is 2.20. The molecule has 1 aliphatic rings. The first-order valence-corrected chi connectivity index (χ1v) is 6.36. The zero-order valence-corrected chi connectivity index (χ0v) is 11.5. The van der Waals surface area contributed by atoms with Crippen LogP contribution in [0.4, 0.5) is 11.6 Å². The number of nitrogens with two attached hydrogens (primary N) is 2. The molecule has 94 valence electrons. The molecule has 0 unspecified atom stereocenters. The van der Waals surface area contributed by atoms with Gasteiger partial charge in [-0.15, -0.1) is 0 Å². The second-order valence-electron chi connectivity index (χ2n) is 4.33. The van der Waals surface area contributed by atoms with Crippen molar-refractivity contribution in [3.63, 3.8) is 0 Å². The van der Waals surface area contributed by atoms with E-state index in [9.17, 15) is 0 Å². The molecule has 0 radical (unpaired) electrons. The molecule has 7 heteroatoms. The van der Waals surface area contributed by atoms with Gasteiger partial charge >= 0.3 is 0 Å². The van der Waals surface area contributed by atoms with Crippen molar-refractivity contribution in [2.45, 2.75) is 6.92 Å². The lowest BCUT2D eigenvalue weighted by molar-refractivity contribution is 0.898. The van der Waals surface area contributed by atoms with E-state index in [2.05, 4.69) is 30.9 Å². The fraction of sp³-hybridized carbons (Fsp3) is 0.273. The van der Waals surface area contributed by atoms with E-state index in [-0.39, 0.29) is 0 Å². The zero-order chi connectivity index (χ0) is 12.9. The van der Waals surface area contributed by atoms with Crippen molar-refractivity contribution in [2.24, 2.45) is 5.73 Å². The summed E-state index contributed by atoms with van der Waals surface area (Å²) in [6.07, 6.45) is 3.69. The molecule has 3 heterocycles. The summed E-state index contributed by atoms with van der Waals surface area (Å²) >= 11 is 3.42. The van der Waals surface area contributed by atoms with Crippen LogP contribution in [0.3, 0.4) is 0 Å². The Balaban J connectivity index is 2.17. The third-order valence-corrected chi connectivity index (χ3v) is 3.67. The van der Waals surface area contributed by atoms with E-state index >= 15 is 0 Å². The van der Waals surface area contributed by atoms with Gasteiger partial charge in [0, 0.05) is 17.8 Å². The minimum Gasteiger partial charge on any atom is -0.401 e. The van der Waals surface area contributed by atoms with Gasteiger partial charge in [-0.25, -0.2) is 4.98 Å². The van der Waals surface area contributed by atoms with Crippen LogP contribution in [0.5, 0.6) is 0 Å². The van der Waals surface area contributed by atoms with Crippen LogP contribution in [0.15, 0.2) is 22.4 Å². The van der Waals surface area contributed by atoms with Crippen LogP contribution >= 0.6 is 15.9 Å². The smallest absolute Gasteiger partial charge is 0.173 e. The summed E-state index contributed by atoms with van der Waals surface area (Å²) in [5.74, 6) is 1.46. The molecular weight excluding hydrogens is 296 g/mol. The van der Waals surface area contributed by atoms with Crippen molar-refractivity contribution >= 4 is 33.2 Å². The third kappa shape index (κ3) is 1.54. The number of fused-ring (bicyclic) bond motifs is 1. The fourth-order valence-corrected chi connectivity index (χ4v) is 2.45. The second kappa shape index (κ2) is 3.88. The summed E-state index contributed by atoms with van der Waals surface area (Å²) in [6.45, 7) is 3.40. The Morgan fingerprint density at radius 2 is 2.17 bits per heavy atom. The van der Waals surface area contributed by atoms with Crippen LogP contribution in [0.25, 0.3) is 5.65 Å². The second-order valence-corrected chi connectivity index (χ2v) is 5.19. The van der Waals surface area contributed by atoms with Gasteiger partial charge in [0.15, 0.2) is 5.65 Å². The summed E-state index contributed by atoms with van der Waals surface area (Å²) in [5, 5.41) is 4.19. The van der Waals surface area contributed by atoms with Crippen LogP contribution in [0.2, 0.25) is 0 Å². The van der Waals surface area contributed by atoms with Gasteiger partial charge in [-0.2, -0.15) is 9.61 Å². The predicted octanol–water partition coefficient (Wildman–Crippen LogP) is 1.05. The standard InChI is InChI=1S/C11H13BrN6/c1-6-9(14)18-11(8(12)4-15-18)16-10(6)17-3-2-7(13)5-17/h2,4H,3,5,13-14H2,1H3. The summed E-state index contributed by atoms with van der Waals surface area (Å²) in [7, 11) is 0. The molecule has 0 fully saturated rings. The highest BCUT2D eigenvalue weighted by molar-refractivity contribution is 9.10. The molecule has 0 saturated carbocycles. The van der Waals surface area contributed by atoms with Crippen molar-refractivity contribution in [2.75, 3.05) is 23.7 Å². The monoisotopic (exact) mass is 308 g/mol. The van der Waals surface area contributed by atoms with Gasteiger partial charge in [-0.1, -0.05) is 0 Å². The summed E-state index contributed by atoms with van der Waals surface area (Å²) in [4.78, 5) is 6.72. The highest BCUT2D eigenvalue weighted by atomic mass is 79.9. The lowest BCUT2D eigenvalue weighted by atomic mass is 10.3. The van der Waals surface area contributed by atoms with E-state index in [4.69, 9.17) is 11.5 Å². The average Bonchev–Trinajstić information content (AvgIpc) is 2.91. The normalized spacial score (nSPS) is 15.4. The molecule has 0 aliphatic carbocycles. The Morgan fingerprint density at radius 3 is 2.83 bits per heavy atom. The van der Waals surface area contributed by atoms with Crippen LogP contribution in [-0.4, -0.2) is 27.7 Å². The first-order valence-electron chi connectivity index (χ1n) is 5.56. The van der Waals surface area contributed by atoms with E-state index in [0.717, 1.165) is 33.7 Å². The molecule has 0 atom stereocenters. The lowest BCUT2D eigenvalue weighted by Crippen LogP contribution is -2.24. The van der Waals surface area contributed by atoms with Gasteiger partial charge in [-0.05, 0) is 28.9 Å². The largest absolute Gasteiger partial charge is 0.401 e. The maximum Gasteiger partial charge on any atom is 0.173 e. The minimum atomic E-state index is 0.603. The van der Waals surface area contributed by atoms with Gasteiger partial charge < -0.3 is 16.4 Å². The number of halogens is 1. The number of nitrogens with zero attached hydrogens (tertiary/aromatic N) is 4. The summed E-state index contributed by atoms with van der Waals surface area (Å²) in [5.41, 5.74) is 14.4. The fourth-order valence-electron chi connectivity index (χ4n) is 2.10. The van der Waals surface area contributed by atoms with Crippen molar-refractivity contribution in [1.29, 1.82) is 0 Å². The van der Waals surface area contributed by atoms with Crippen molar-refractivity contribution in [3.8, 4) is 0 Å². The Hall–Kier alpha value is -1.76. The van der Waals surface area contributed by atoms with Crippen LogP contribution in [-0.2, 0) is 0 Å². The van der Waals surface area contributed by atoms with Crippen LogP contribution in [0, 0.1) is 6.92 Å². The van der Waals surface area contributed by atoms with Gasteiger partial charge in [0.05, 0.1) is 17.2 Å². The molecule has 1 aliphatic heterocycles. The summed E-state index contributed by atoms with van der Waals surface area (Å²) in [6, 6.07) is 0. The molecule has 0 aromatic carbocycles. The van der Waals surface area contributed by atoms with Gasteiger partial charge in [0.25, 0.3) is 0 Å². The quantitative estimate of drug-likeness (QED) is 0.822. The maximum atomic E-state index is 6.10. The van der Waals surface area contributed by atoms with E-state index in [1.807, 2.05) is 13.0 Å². The Bertz CT molecular complexity index is 659. The van der Waals surface area contributed by atoms with E-state index in [1.54, 1.807) is 10.7 Å². The molecule has 3 rings (SSSR count). The van der Waals surface area contributed by atoms with Crippen LogP contribution in [0.1, 0.15) is 5.56 Å². The van der Waals surface area contributed by atoms with E-state index in [1.165, 1.54) is 0 Å². The topological polar surface area (TPSA) is 85.5 Å². The maximum absolute atomic E-state index is 6.10.